The van der Waals surface area contributed by atoms with Crippen molar-refractivity contribution in [2.45, 2.75) is 18.9 Å². The number of carbonyl (C=O) groups is 1. The second-order valence-corrected chi connectivity index (χ2v) is 4.26. The van der Waals surface area contributed by atoms with Crippen LogP contribution in [0.4, 0.5) is 0 Å². The van der Waals surface area contributed by atoms with E-state index >= 15 is 0 Å². The maximum Gasteiger partial charge on any atom is 0.334 e. The van der Waals surface area contributed by atoms with Gasteiger partial charge < -0.3 is 14.6 Å². The molecule has 0 bridgehead atoms. The van der Waals surface area contributed by atoms with Gasteiger partial charge in [0.1, 0.15) is 5.75 Å². The molecule has 0 saturated carbocycles. The molecule has 4 heteroatoms. The topological polar surface area (TPSA) is 55.8 Å². The molecule has 1 N–H and O–H groups in total. The summed E-state index contributed by atoms with van der Waals surface area (Å²) in [6.45, 7) is 0.533. The number of hydrogen-bond donors (Lipinski definition) is 1. The molecule has 92 valence electrons. The van der Waals surface area contributed by atoms with Crippen LogP contribution in [0.2, 0.25) is 0 Å². The summed E-state index contributed by atoms with van der Waals surface area (Å²) in [6, 6.07) is 7.83. The SMILES string of the molecule is COC(=O)C(O)CC1COc2ccccc2C1. The monoisotopic (exact) mass is 236 g/mol. The minimum absolute atomic E-state index is 0.152. The molecule has 4 nitrogen and oxygen atoms in total. The number of benzene rings is 1. The molecule has 2 unspecified atom stereocenters. The predicted octanol–water partition coefficient (Wildman–Crippen LogP) is 1.16. The summed E-state index contributed by atoms with van der Waals surface area (Å²) in [5.74, 6) is 0.471. The molecule has 1 heterocycles. The first-order valence-corrected chi connectivity index (χ1v) is 5.67. The molecule has 1 aromatic rings. The van der Waals surface area contributed by atoms with Gasteiger partial charge in [0, 0.05) is 5.92 Å². The number of aliphatic hydroxyl groups is 1. The molecule has 0 aromatic heterocycles. The lowest BCUT2D eigenvalue weighted by Crippen LogP contribution is -2.30. The van der Waals surface area contributed by atoms with Crippen LogP contribution in [0.5, 0.6) is 5.75 Å². The molecule has 0 amide bonds. The third kappa shape index (κ3) is 2.77. The molecule has 0 spiro atoms. The highest BCUT2D eigenvalue weighted by atomic mass is 16.5. The number of hydrogen-bond acceptors (Lipinski definition) is 4. The van der Waals surface area contributed by atoms with Crippen molar-refractivity contribution < 1.29 is 19.4 Å². The predicted molar refractivity (Wildman–Crippen MR) is 61.8 cm³/mol. The lowest BCUT2D eigenvalue weighted by Gasteiger charge is -2.26. The van der Waals surface area contributed by atoms with Gasteiger partial charge in [0.05, 0.1) is 13.7 Å². The highest BCUT2D eigenvalue weighted by molar-refractivity contribution is 5.74. The zero-order valence-electron chi connectivity index (χ0n) is 9.76. The van der Waals surface area contributed by atoms with E-state index in [9.17, 15) is 9.90 Å². The zero-order valence-corrected chi connectivity index (χ0v) is 9.76. The van der Waals surface area contributed by atoms with Crippen LogP contribution in [-0.4, -0.2) is 30.9 Å². The van der Waals surface area contributed by atoms with E-state index in [1.54, 1.807) is 0 Å². The zero-order chi connectivity index (χ0) is 12.3. The number of methoxy groups -OCH3 is 1. The largest absolute Gasteiger partial charge is 0.493 e. The molecule has 1 aliphatic heterocycles. The third-order valence-electron chi connectivity index (χ3n) is 2.99. The Labute approximate surface area is 100 Å². The van der Waals surface area contributed by atoms with Crippen LogP contribution >= 0.6 is 0 Å². The van der Waals surface area contributed by atoms with Crippen LogP contribution in [0.3, 0.4) is 0 Å². The van der Waals surface area contributed by atoms with Crippen LogP contribution in [0.15, 0.2) is 24.3 Å². The van der Waals surface area contributed by atoms with Crippen LogP contribution < -0.4 is 4.74 Å². The van der Waals surface area contributed by atoms with Crippen LogP contribution in [0.1, 0.15) is 12.0 Å². The summed E-state index contributed by atoms with van der Waals surface area (Å²) in [5.41, 5.74) is 1.13. The Kier molecular flexibility index (Phi) is 3.64. The average Bonchev–Trinajstić information content (AvgIpc) is 2.37. The summed E-state index contributed by atoms with van der Waals surface area (Å²) in [7, 11) is 1.28. The number of rotatable bonds is 3. The molecular weight excluding hydrogens is 220 g/mol. The average molecular weight is 236 g/mol. The smallest absolute Gasteiger partial charge is 0.334 e. The second kappa shape index (κ2) is 5.19. The Hall–Kier alpha value is -1.55. The number of fused-ring (bicyclic) bond motifs is 1. The summed E-state index contributed by atoms with van der Waals surface area (Å²) >= 11 is 0. The van der Waals surface area contributed by atoms with Crippen LogP contribution in [-0.2, 0) is 16.0 Å². The fourth-order valence-corrected chi connectivity index (χ4v) is 2.09. The molecule has 0 radical (unpaired) electrons. The minimum Gasteiger partial charge on any atom is -0.493 e. The molecule has 2 rings (SSSR count). The number of aliphatic hydroxyl groups excluding tert-OH is 1. The van der Waals surface area contributed by atoms with Crippen molar-refractivity contribution in [3.63, 3.8) is 0 Å². The molecule has 0 aliphatic carbocycles. The maximum absolute atomic E-state index is 11.1. The van der Waals surface area contributed by atoms with Gasteiger partial charge in [-0.3, -0.25) is 0 Å². The van der Waals surface area contributed by atoms with Crippen molar-refractivity contribution >= 4 is 5.97 Å². The van der Waals surface area contributed by atoms with E-state index in [2.05, 4.69) is 4.74 Å². The normalized spacial score (nSPS) is 20.0. The Morgan fingerprint density at radius 3 is 3.12 bits per heavy atom. The summed E-state index contributed by atoms with van der Waals surface area (Å²) in [5, 5.41) is 9.59. The van der Waals surface area contributed by atoms with Crippen molar-refractivity contribution in [1.82, 2.24) is 0 Å². The maximum atomic E-state index is 11.1. The van der Waals surface area contributed by atoms with Crippen molar-refractivity contribution in [2.75, 3.05) is 13.7 Å². The minimum atomic E-state index is -1.06. The van der Waals surface area contributed by atoms with Crippen molar-refractivity contribution in [2.24, 2.45) is 5.92 Å². The first kappa shape index (κ1) is 11.9. The van der Waals surface area contributed by atoms with Gasteiger partial charge in [0.2, 0.25) is 0 Å². The molecule has 1 aromatic carbocycles. The van der Waals surface area contributed by atoms with Gasteiger partial charge >= 0.3 is 5.97 Å². The highest BCUT2D eigenvalue weighted by Gasteiger charge is 2.25. The standard InChI is InChI=1S/C13H16O4/c1-16-13(15)11(14)7-9-6-10-4-2-3-5-12(10)17-8-9/h2-5,9,11,14H,6-8H2,1H3. The van der Waals surface area contributed by atoms with Gasteiger partial charge in [-0.15, -0.1) is 0 Å². The lowest BCUT2D eigenvalue weighted by molar-refractivity contribution is -0.151. The van der Waals surface area contributed by atoms with Crippen LogP contribution in [0, 0.1) is 5.92 Å². The van der Waals surface area contributed by atoms with Crippen LogP contribution in [0.25, 0.3) is 0 Å². The number of esters is 1. The number of para-hydroxylation sites is 1. The van der Waals surface area contributed by atoms with Crippen molar-refractivity contribution in [3.8, 4) is 5.75 Å². The second-order valence-electron chi connectivity index (χ2n) is 4.26. The van der Waals surface area contributed by atoms with E-state index in [1.165, 1.54) is 7.11 Å². The van der Waals surface area contributed by atoms with E-state index in [-0.39, 0.29) is 5.92 Å². The molecular formula is C13H16O4. The van der Waals surface area contributed by atoms with Crippen molar-refractivity contribution in [3.05, 3.63) is 29.8 Å². The van der Waals surface area contributed by atoms with Gasteiger partial charge in [0.15, 0.2) is 6.10 Å². The lowest BCUT2D eigenvalue weighted by atomic mass is 9.92. The van der Waals surface area contributed by atoms with Gasteiger partial charge in [0.25, 0.3) is 0 Å². The van der Waals surface area contributed by atoms with E-state index in [1.807, 2.05) is 24.3 Å². The first-order chi connectivity index (χ1) is 8.20. The van der Waals surface area contributed by atoms with Gasteiger partial charge in [-0.05, 0) is 24.5 Å². The quantitative estimate of drug-likeness (QED) is 0.800. The fraction of sp³-hybridized carbons (Fsp3) is 0.462. The number of ether oxygens (including phenoxy) is 2. The fourth-order valence-electron chi connectivity index (χ4n) is 2.09. The van der Waals surface area contributed by atoms with Gasteiger partial charge in [-0.2, -0.15) is 0 Å². The van der Waals surface area contributed by atoms with E-state index < -0.39 is 12.1 Å². The van der Waals surface area contributed by atoms with E-state index in [4.69, 9.17) is 4.74 Å². The molecule has 2 atom stereocenters. The third-order valence-corrected chi connectivity index (χ3v) is 2.99. The Morgan fingerprint density at radius 2 is 2.35 bits per heavy atom. The molecule has 0 saturated heterocycles. The Balaban J connectivity index is 1.96. The van der Waals surface area contributed by atoms with E-state index in [0.29, 0.717) is 13.0 Å². The molecule has 0 fully saturated rings. The summed E-state index contributed by atoms with van der Waals surface area (Å²) in [4.78, 5) is 11.1. The Morgan fingerprint density at radius 1 is 1.59 bits per heavy atom. The summed E-state index contributed by atoms with van der Waals surface area (Å²) < 4.78 is 10.1. The van der Waals surface area contributed by atoms with Gasteiger partial charge in [-0.25, -0.2) is 4.79 Å². The first-order valence-electron chi connectivity index (χ1n) is 5.67. The summed E-state index contributed by atoms with van der Waals surface area (Å²) in [6.07, 6.45) is 0.143. The highest BCUT2D eigenvalue weighted by Crippen LogP contribution is 2.28. The van der Waals surface area contributed by atoms with Gasteiger partial charge in [-0.1, -0.05) is 18.2 Å². The Bertz CT molecular complexity index is 402. The van der Waals surface area contributed by atoms with Crippen molar-refractivity contribution in [1.29, 1.82) is 0 Å². The van der Waals surface area contributed by atoms with E-state index in [0.717, 1.165) is 17.7 Å². The molecule has 17 heavy (non-hydrogen) atoms. The number of carbonyl (C=O) groups excluding carboxylic acids is 1. The molecule has 1 aliphatic rings.